The summed E-state index contributed by atoms with van der Waals surface area (Å²) in [6.07, 6.45) is 0. The van der Waals surface area contributed by atoms with Crippen LogP contribution >= 0.6 is 0 Å². The molecule has 16 nitrogen and oxygen atoms in total. The van der Waals surface area contributed by atoms with Gasteiger partial charge in [0.25, 0.3) is 20.2 Å². The largest absolute Gasteiger partial charge is 0.507 e. The van der Waals surface area contributed by atoms with Crippen molar-refractivity contribution in [3.05, 3.63) is 42.5 Å². The lowest BCUT2D eigenvalue weighted by atomic mass is 10.1. The van der Waals surface area contributed by atoms with Gasteiger partial charge in [-0.15, -0.1) is 10.2 Å². The molecule has 1 unspecified atom stereocenters. The van der Waals surface area contributed by atoms with Crippen molar-refractivity contribution in [1.29, 1.82) is 0 Å². The van der Waals surface area contributed by atoms with E-state index in [-0.39, 0.29) is 22.1 Å². The number of anilines is 1. The molecule has 0 amide bonds. The van der Waals surface area contributed by atoms with Crippen molar-refractivity contribution in [3.63, 3.8) is 0 Å². The van der Waals surface area contributed by atoms with Crippen LogP contribution in [-0.2, 0) is 44.7 Å². The van der Waals surface area contributed by atoms with E-state index in [1.54, 1.807) is 0 Å². The minimum absolute atomic E-state index is 0.0183. The number of sulfone groups is 1. The van der Waals surface area contributed by atoms with Crippen LogP contribution in [0, 0.1) is 0 Å². The number of nitrogens with zero attached hydrogens (tertiary/aromatic N) is 2. The molecule has 0 aliphatic heterocycles. The van der Waals surface area contributed by atoms with Crippen molar-refractivity contribution in [3.8, 4) is 5.75 Å². The van der Waals surface area contributed by atoms with Crippen molar-refractivity contribution >= 4 is 68.3 Å². The van der Waals surface area contributed by atoms with Gasteiger partial charge in [0.2, 0.25) is 9.84 Å². The lowest BCUT2D eigenvalue weighted by Gasteiger charge is -2.13. The molecule has 0 aliphatic rings. The molecule has 6 N–H and O–H groups in total. The highest BCUT2D eigenvalue weighted by atomic mass is 32.3. The Morgan fingerprint density at radius 3 is 1.97 bits per heavy atom. The highest BCUT2D eigenvalue weighted by molar-refractivity contribution is 7.92. The van der Waals surface area contributed by atoms with Gasteiger partial charge in [0, 0.05) is 16.8 Å². The van der Waals surface area contributed by atoms with Crippen molar-refractivity contribution in [2.45, 2.75) is 27.0 Å². The molecule has 0 aromatic heterocycles. The van der Waals surface area contributed by atoms with Crippen molar-refractivity contribution < 1.29 is 56.6 Å². The predicted molar refractivity (Wildman–Crippen MR) is 130 cm³/mol. The van der Waals surface area contributed by atoms with Crippen LogP contribution in [0.1, 0.15) is 6.92 Å². The number of phenols is 1. The number of nitrogens with two attached hydrogens (primary N) is 1. The quantitative estimate of drug-likeness (QED) is 0.138. The molecule has 3 rings (SSSR count). The number of benzene rings is 3. The third-order valence-corrected chi connectivity index (χ3v) is 9.13. The van der Waals surface area contributed by atoms with Gasteiger partial charge in [0.05, 0.1) is 15.5 Å². The molecule has 0 saturated heterocycles. The standard InChI is InChI=1S/C18H17N3O13S4/c1-9(34-38(31,32)33)35(23,24)10-2-5-15(17(8-10)37(28,29)30)20-21-18-13-6-11(36(25,26)27)7-16(22)12(13)3-4-14(18)19/h2-9,22H,19H2,1H3,(H,25,26,27)(H,28,29,30)(H,31,32,33). The summed E-state index contributed by atoms with van der Waals surface area (Å²) >= 11 is 0. The summed E-state index contributed by atoms with van der Waals surface area (Å²) in [4.78, 5) is -2.66. The third kappa shape index (κ3) is 6.24. The van der Waals surface area contributed by atoms with Crippen molar-refractivity contribution in [2.75, 3.05) is 5.73 Å². The lowest BCUT2D eigenvalue weighted by molar-refractivity contribution is 0.251. The van der Waals surface area contributed by atoms with Crippen LogP contribution in [0.4, 0.5) is 17.1 Å². The molecule has 3 aromatic carbocycles. The minimum Gasteiger partial charge on any atom is -0.507 e. The second kappa shape index (κ2) is 9.81. The maximum absolute atomic E-state index is 12.6. The number of rotatable bonds is 8. The topological polar surface area (TPSA) is 277 Å². The van der Waals surface area contributed by atoms with Crippen LogP contribution < -0.4 is 5.73 Å². The summed E-state index contributed by atoms with van der Waals surface area (Å²) < 4.78 is 126. The van der Waals surface area contributed by atoms with Crippen LogP contribution in [-0.4, -0.2) is 57.9 Å². The number of nitrogen functional groups attached to an aromatic ring is 1. The summed E-state index contributed by atoms with van der Waals surface area (Å²) in [5.41, 5.74) is 2.60. The molecule has 0 radical (unpaired) electrons. The maximum Gasteiger partial charge on any atom is 0.398 e. The summed E-state index contributed by atoms with van der Waals surface area (Å²) in [6.45, 7) is 0.739. The van der Waals surface area contributed by atoms with Crippen molar-refractivity contribution in [2.24, 2.45) is 10.2 Å². The zero-order valence-electron chi connectivity index (χ0n) is 18.7. The number of phenolic OH excluding ortho intramolecular Hbond substituents is 1. The van der Waals surface area contributed by atoms with E-state index in [4.69, 9.17) is 10.3 Å². The molecule has 3 aromatic rings. The number of aromatic hydroxyl groups is 1. The lowest BCUT2D eigenvalue weighted by Crippen LogP contribution is -2.24. The smallest absolute Gasteiger partial charge is 0.398 e. The third-order valence-electron chi connectivity index (χ3n) is 4.88. The van der Waals surface area contributed by atoms with E-state index in [0.717, 1.165) is 31.2 Å². The Hall–Kier alpha value is -3.24. The Morgan fingerprint density at radius 1 is 0.789 bits per heavy atom. The monoisotopic (exact) mass is 611 g/mol. The van der Waals surface area contributed by atoms with Crippen LogP contribution in [0.3, 0.4) is 0 Å². The highest BCUT2D eigenvalue weighted by Gasteiger charge is 2.30. The second-order valence-electron chi connectivity index (χ2n) is 7.46. The van der Waals surface area contributed by atoms with Gasteiger partial charge < -0.3 is 10.8 Å². The second-order valence-corrected chi connectivity index (χ2v) is 13.5. The van der Waals surface area contributed by atoms with Crippen LogP contribution in [0.25, 0.3) is 10.8 Å². The van der Waals surface area contributed by atoms with Gasteiger partial charge in [-0.3, -0.25) is 13.7 Å². The molecular weight excluding hydrogens is 594 g/mol. The van der Waals surface area contributed by atoms with Gasteiger partial charge in [-0.05, 0) is 43.3 Å². The zero-order valence-corrected chi connectivity index (χ0v) is 22.0. The Morgan fingerprint density at radius 2 is 1.42 bits per heavy atom. The highest BCUT2D eigenvalue weighted by Crippen LogP contribution is 2.39. The fourth-order valence-corrected chi connectivity index (χ4v) is 6.36. The Kier molecular flexibility index (Phi) is 7.57. The van der Waals surface area contributed by atoms with Gasteiger partial charge in [0.1, 0.15) is 22.0 Å². The van der Waals surface area contributed by atoms with Gasteiger partial charge in [-0.2, -0.15) is 25.3 Å². The van der Waals surface area contributed by atoms with Crippen LogP contribution in [0.5, 0.6) is 5.75 Å². The molecule has 0 aliphatic carbocycles. The van der Waals surface area contributed by atoms with Crippen LogP contribution in [0.2, 0.25) is 0 Å². The predicted octanol–water partition coefficient (Wildman–Crippen LogP) is 1.98. The molecule has 0 saturated carbocycles. The average molecular weight is 612 g/mol. The summed E-state index contributed by atoms with van der Waals surface area (Å²) in [6, 6.07) is 6.20. The van der Waals surface area contributed by atoms with E-state index in [1.807, 2.05) is 0 Å². The molecular formula is C18H17N3O13S4. The van der Waals surface area contributed by atoms with E-state index in [9.17, 15) is 47.9 Å². The minimum atomic E-state index is -5.20. The van der Waals surface area contributed by atoms with E-state index < -0.39 is 72.0 Å². The molecule has 0 bridgehead atoms. The van der Waals surface area contributed by atoms with E-state index in [0.29, 0.717) is 6.07 Å². The number of hydrogen-bond acceptors (Lipinski definition) is 13. The Bertz CT molecular complexity index is 1920. The van der Waals surface area contributed by atoms with Gasteiger partial charge in [0.15, 0.2) is 5.44 Å². The summed E-state index contributed by atoms with van der Waals surface area (Å²) in [7, 11) is -19.9. The fraction of sp³-hybridized carbons (Fsp3) is 0.111. The molecule has 38 heavy (non-hydrogen) atoms. The molecule has 1 atom stereocenters. The molecule has 0 heterocycles. The van der Waals surface area contributed by atoms with E-state index in [2.05, 4.69) is 14.4 Å². The molecule has 0 spiro atoms. The fourth-order valence-electron chi connectivity index (χ4n) is 3.13. The van der Waals surface area contributed by atoms with Crippen molar-refractivity contribution in [1.82, 2.24) is 0 Å². The molecule has 20 heteroatoms. The van der Waals surface area contributed by atoms with Gasteiger partial charge >= 0.3 is 10.4 Å². The normalized spacial score (nSPS) is 14.2. The van der Waals surface area contributed by atoms with E-state index >= 15 is 0 Å². The number of hydrogen-bond donors (Lipinski definition) is 5. The SMILES string of the molecule is CC(OS(=O)(=O)O)S(=O)(=O)c1ccc(N=Nc2c(N)ccc3c(O)cc(S(=O)(=O)O)cc23)c(S(=O)(=O)O)c1. The number of azo groups is 1. The Labute approximate surface area is 215 Å². The first-order valence-corrected chi connectivity index (χ1v) is 15.5. The average Bonchev–Trinajstić information content (AvgIpc) is 2.75. The van der Waals surface area contributed by atoms with Crippen LogP contribution in [0.15, 0.2) is 67.4 Å². The first-order chi connectivity index (χ1) is 17.2. The Balaban J connectivity index is 2.20. The van der Waals surface area contributed by atoms with Gasteiger partial charge in [-0.1, -0.05) is 0 Å². The maximum atomic E-state index is 12.6. The number of fused-ring (bicyclic) bond motifs is 1. The summed E-state index contributed by atoms with van der Waals surface area (Å²) in [5.74, 6) is -0.582. The molecule has 0 fully saturated rings. The van der Waals surface area contributed by atoms with Gasteiger partial charge in [-0.25, -0.2) is 12.6 Å². The summed E-state index contributed by atoms with van der Waals surface area (Å²) in [5, 5.41) is 17.5. The molecule has 206 valence electrons. The first-order valence-electron chi connectivity index (χ1n) is 9.67. The van der Waals surface area contributed by atoms with E-state index in [1.165, 1.54) is 12.1 Å². The first kappa shape index (κ1) is 29.3. The zero-order chi connectivity index (χ0) is 28.8.